The lowest BCUT2D eigenvalue weighted by Gasteiger charge is -2.25. The average Bonchev–Trinajstić information content (AvgIpc) is 3.34. The van der Waals surface area contributed by atoms with Crippen LogP contribution in [0.1, 0.15) is 11.1 Å². The minimum atomic E-state index is -4.08. The molecule has 1 aromatic heterocycles. The van der Waals surface area contributed by atoms with Gasteiger partial charge in [-0.1, -0.05) is 48.5 Å². The summed E-state index contributed by atoms with van der Waals surface area (Å²) in [6, 6.07) is 27.4. The predicted molar refractivity (Wildman–Crippen MR) is 164 cm³/mol. The molecule has 1 amide bonds. The van der Waals surface area contributed by atoms with Gasteiger partial charge in [-0.25, -0.2) is 13.4 Å². The van der Waals surface area contributed by atoms with Crippen molar-refractivity contribution in [2.75, 3.05) is 24.9 Å². The number of non-ortho nitro benzene ring substituents is 1. The first-order chi connectivity index (χ1) is 20.6. The summed E-state index contributed by atoms with van der Waals surface area (Å²) in [6.45, 7) is -0.413. The number of nitrogens with zero attached hydrogens (tertiary/aromatic N) is 4. The molecule has 5 aromatic rings. The number of benzene rings is 4. The summed E-state index contributed by atoms with van der Waals surface area (Å²) in [5.41, 5.74) is 2.27. The van der Waals surface area contributed by atoms with Crippen molar-refractivity contribution in [3.63, 3.8) is 0 Å². The van der Waals surface area contributed by atoms with Crippen molar-refractivity contribution in [1.82, 2.24) is 9.88 Å². The third-order valence-corrected chi connectivity index (χ3v) is 8.53. The van der Waals surface area contributed by atoms with Crippen LogP contribution in [0.3, 0.4) is 0 Å². The van der Waals surface area contributed by atoms with E-state index in [0.29, 0.717) is 27.9 Å². The van der Waals surface area contributed by atoms with Crippen molar-refractivity contribution in [3.05, 3.63) is 124 Å². The predicted octanol–water partition coefficient (Wildman–Crippen LogP) is 5.23. The van der Waals surface area contributed by atoms with E-state index in [4.69, 9.17) is 4.99 Å². The minimum absolute atomic E-state index is 0.0407. The highest BCUT2D eigenvalue weighted by Gasteiger charge is 2.28. The molecule has 12 heteroatoms. The Morgan fingerprint density at radius 3 is 2.16 bits per heavy atom. The summed E-state index contributed by atoms with van der Waals surface area (Å²) in [5, 5.41) is 22.8. The molecule has 0 aliphatic heterocycles. The maximum absolute atomic E-state index is 13.6. The van der Waals surface area contributed by atoms with Crippen LogP contribution in [0.25, 0.3) is 10.9 Å². The largest absolute Gasteiger partial charge is 0.494 e. The van der Waals surface area contributed by atoms with Crippen LogP contribution in [0, 0.1) is 10.1 Å². The molecule has 1 heterocycles. The molecule has 0 atom stereocenters. The van der Waals surface area contributed by atoms with Gasteiger partial charge in [-0.15, -0.1) is 0 Å². The zero-order chi connectivity index (χ0) is 30.7. The third-order valence-electron chi connectivity index (χ3n) is 6.74. The second-order valence-electron chi connectivity index (χ2n) is 9.79. The zero-order valence-corrected chi connectivity index (χ0v) is 24.0. The smallest absolute Gasteiger partial charge is 0.270 e. The van der Waals surface area contributed by atoms with E-state index in [1.807, 2.05) is 6.07 Å². The quantitative estimate of drug-likeness (QED) is 0.135. The maximum atomic E-state index is 13.6. The molecule has 0 saturated heterocycles. The number of carbonyl (C=O) groups is 1. The Labute approximate surface area is 247 Å². The molecule has 2 N–H and O–H groups in total. The Bertz CT molecular complexity index is 1940. The van der Waals surface area contributed by atoms with Gasteiger partial charge in [-0.05, 0) is 42.5 Å². The van der Waals surface area contributed by atoms with Crippen LogP contribution in [0.2, 0.25) is 0 Å². The maximum Gasteiger partial charge on any atom is 0.270 e. The number of likely N-dealkylation sites (N-methyl/N-ethyl adjacent to an activating group) is 1. The number of aromatic nitrogens is 1. The Balaban J connectivity index is 1.62. The fraction of sp³-hybridized carbons (Fsp3) is 0.0968. The van der Waals surface area contributed by atoms with Gasteiger partial charge in [0.05, 0.1) is 32.5 Å². The number of aromatic hydroxyl groups is 1. The van der Waals surface area contributed by atoms with Crippen LogP contribution < -0.4 is 4.31 Å². The number of hydrogen-bond acceptors (Lipinski definition) is 7. The van der Waals surface area contributed by atoms with Crippen molar-refractivity contribution in [2.45, 2.75) is 4.90 Å². The van der Waals surface area contributed by atoms with Crippen LogP contribution in [-0.4, -0.2) is 60.6 Å². The summed E-state index contributed by atoms with van der Waals surface area (Å²) >= 11 is 0. The van der Waals surface area contributed by atoms with Crippen molar-refractivity contribution >= 4 is 49.6 Å². The molecular weight excluding hydrogens is 570 g/mol. The summed E-state index contributed by atoms with van der Waals surface area (Å²) in [7, 11) is -0.982. The molecule has 11 nitrogen and oxygen atoms in total. The van der Waals surface area contributed by atoms with Gasteiger partial charge >= 0.3 is 0 Å². The van der Waals surface area contributed by atoms with E-state index in [9.17, 15) is 28.4 Å². The highest BCUT2D eigenvalue weighted by Crippen LogP contribution is 2.34. The van der Waals surface area contributed by atoms with Crippen molar-refractivity contribution < 1.29 is 23.2 Å². The number of H-pyrrole nitrogens is 1. The van der Waals surface area contributed by atoms with E-state index in [0.717, 1.165) is 4.31 Å². The molecule has 0 spiro atoms. The molecule has 218 valence electrons. The van der Waals surface area contributed by atoms with E-state index >= 15 is 0 Å². The number of hydrogen-bond donors (Lipinski definition) is 2. The standard InChI is InChI=1S/C31H27N5O6S/c1-34(2)28(37)20-35(43(41,42)25-11-7-4-8-12-25)23-15-13-22(14-16-23)32-30(21-9-5-3-6-10-21)29-26-19-24(36(39)40)17-18-27(26)33-31(29)38/h3-19,33,38H,20H2,1-2H3. The highest BCUT2D eigenvalue weighted by molar-refractivity contribution is 7.92. The SMILES string of the molecule is CN(C)C(=O)CN(c1ccc(N=C(c2ccccc2)c2c(O)[nH]c3ccc([N+](=O)[O-])cc23)cc1)S(=O)(=O)c1ccccc1. The molecule has 0 aliphatic rings. The Morgan fingerprint density at radius 2 is 1.56 bits per heavy atom. The van der Waals surface area contributed by atoms with E-state index in [-0.39, 0.29) is 27.7 Å². The molecule has 0 radical (unpaired) electrons. The molecule has 0 aliphatic carbocycles. The monoisotopic (exact) mass is 597 g/mol. The zero-order valence-electron chi connectivity index (χ0n) is 23.2. The van der Waals surface area contributed by atoms with Gasteiger partial charge in [-0.2, -0.15) is 0 Å². The van der Waals surface area contributed by atoms with E-state index in [2.05, 4.69) is 4.98 Å². The number of rotatable bonds is 9. The minimum Gasteiger partial charge on any atom is -0.494 e. The number of anilines is 1. The highest BCUT2D eigenvalue weighted by atomic mass is 32.2. The number of aromatic amines is 1. The lowest BCUT2D eigenvalue weighted by Crippen LogP contribution is -2.40. The summed E-state index contributed by atoms with van der Waals surface area (Å²) in [4.78, 5) is 32.6. The van der Waals surface area contributed by atoms with Crippen molar-refractivity contribution in [1.29, 1.82) is 0 Å². The Kier molecular flexibility index (Phi) is 7.95. The second kappa shape index (κ2) is 11.8. The number of carbonyl (C=O) groups excluding carboxylic acids is 1. The molecule has 0 unspecified atom stereocenters. The van der Waals surface area contributed by atoms with Gasteiger partial charge in [0.2, 0.25) is 5.91 Å². The van der Waals surface area contributed by atoms with Crippen molar-refractivity contribution in [2.24, 2.45) is 4.99 Å². The topological polar surface area (TPSA) is 149 Å². The van der Waals surface area contributed by atoms with Crippen LogP contribution in [0.4, 0.5) is 17.1 Å². The van der Waals surface area contributed by atoms with Gasteiger partial charge in [0.15, 0.2) is 5.88 Å². The molecular formula is C31H27N5O6S. The lowest BCUT2D eigenvalue weighted by molar-refractivity contribution is -0.384. The fourth-order valence-electron chi connectivity index (χ4n) is 4.50. The number of nitro groups is 1. The summed E-state index contributed by atoms with van der Waals surface area (Å²) in [6.07, 6.45) is 0. The molecule has 0 saturated carbocycles. The second-order valence-corrected chi connectivity index (χ2v) is 11.7. The number of fused-ring (bicyclic) bond motifs is 1. The van der Waals surface area contributed by atoms with Gasteiger partial charge < -0.3 is 15.0 Å². The third kappa shape index (κ3) is 5.95. The molecule has 4 aromatic carbocycles. The van der Waals surface area contributed by atoms with E-state index in [1.54, 1.807) is 80.8 Å². The number of aliphatic imine (C=N–C) groups is 1. The van der Waals surface area contributed by atoms with E-state index < -0.39 is 27.4 Å². The summed E-state index contributed by atoms with van der Waals surface area (Å²) in [5.74, 6) is -0.617. The van der Waals surface area contributed by atoms with Crippen LogP contribution in [-0.2, 0) is 14.8 Å². The normalized spacial score (nSPS) is 11.8. The number of nitrogens with one attached hydrogen (secondary N) is 1. The number of nitro benzene ring substituents is 1. The first kappa shape index (κ1) is 29.0. The summed E-state index contributed by atoms with van der Waals surface area (Å²) < 4.78 is 28.2. The number of amides is 1. The van der Waals surface area contributed by atoms with Gasteiger partial charge in [-0.3, -0.25) is 19.2 Å². The van der Waals surface area contributed by atoms with Crippen LogP contribution in [0.15, 0.2) is 113 Å². The van der Waals surface area contributed by atoms with E-state index in [1.165, 1.54) is 35.2 Å². The van der Waals surface area contributed by atoms with Crippen LogP contribution >= 0.6 is 0 Å². The molecule has 0 bridgehead atoms. The van der Waals surface area contributed by atoms with Crippen molar-refractivity contribution in [3.8, 4) is 5.88 Å². The Hall–Kier alpha value is -5.49. The first-order valence-corrected chi connectivity index (χ1v) is 14.5. The molecule has 5 rings (SSSR count). The molecule has 0 fully saturated rings. The van der Waals surface area contributed by atoms with Gasteiger partial charge in [0, 0.05) is 42.7 Å². The lowest BCUT2D eigenvalue weighted by atomic mass is 10.0. The Morgan fingerprint density at radius 1 is 0.930 bits per heavy atom. The van der Waals surface area contributed by atoms with Gasteiger partial charge in [0.25, 0.3) is 15.7 Å². The van der Waals surface area contributed by atoms with Gasteiger partial charge in [0.1, 0.15) is 6.54 Å². The van der Waals surface area contributed by atoms with Crippen LogP contribution in [0.5, 0.6) is 5.88 Å². The first-order valence-electron chi connectivity index (χ1n) is 13.1. The number of sulfonamides is 1. The average molecular weight is 598 g/mol. The molecule has 43 heavy (non-hydrogen) atoms. The fourth-order valence-corrected chi connectivity index (χ4v) is 5.94.